The lowest BCUT2D eigenvalue weighted by molar-refractivity contribution is -0.126. The molecule has 1 nitrogen and oxygen atoms in total. The summed E-state index contributed by atoms with van der Waals surface area (Å²) in [7, 11) is 0. The second-order valence-corrected chi connectivity index (χ2v) is 3.31. The third-order valence-electron chi connectivity index (χ3n) is 2.16. The number of aromatic nitrogens is 1. The molecule has 0 saturated heterocycles. The Morgan fingerprint density at radius 1 is 1.13 bits per heavy atom. The number of rotatable bonds is 1. The Bertz CT molecular complexity index is 471. The molecule has 0 amide bonds. The smallest absolute Gasteiger partial charge is 0.264 e. The fraction of sp³-hybridized carbons (Fsp3) is 0.182. The minimum atomic E-state index is -4.17. The number of fused-ring (bicyclic) bond motifs is 1. The minimum absolute atomic E-state index is 0.294. The summed E-state index contributed by atoms with van der Waals surface area (Å²) >= 11 is 0. The van der Waals surface area contributed by atoms with Crippen LogP contribution in [0, 0.1) is 0 Å². The molecule has 2 aromatic rings. The summed E-state index contributed by atoms with van der Waals surface area (Å²) < 4.78 is 36.8. The molecule has 0 N–H and O–H groups in total. The molecule has 78 valence electrons. The van der Waals surface area contributed by atoms with E-state index in [-0.39, 0.29) is 0 Å². The molecule has 0 atom stereocenters. The topological polar surface area (TPSA) is 12.9 Å². The molecule has 0 aliphatic carbocycles. The Kier molecular flexibility index (Phi) is 2.34. The third kappa shape index (κ3) is 2.26. The van der Waals surface area contributed by atoms with Gasteiger partial charge in [0.05, 0.1) is 6.42 Å². The van der Waals surface area contributed by atoms with Gasteiger partial charge in [-0.1, -0.05) is 18.2 Å². The monoisotopic (exact) mass is 211 g/mol. The summed E-state index contributed by atoms with van der Waals surface area (Å²) in [6.07, 6.45) is -2.00. The van der Waals surface area contributed by atoms with Gasteiger partial charge in [0.2, 0.25) is 0 Å². The van der Waals surface area contributed by atoms with Gasteiger partial charge in [-0.2, -0.15) is 13.2 Å². The number of pyridine rings is 1. The highest BCUT2D eigenvalue weighted by atomic mass is 19.4. The van der Waals surface area contributed by atoms with Crippen molar-refractivity contribution in [1.82, 2.24) is 4.98 Å². The summed E-state index contributed by atoms with van der Waals surface area (Å²) in [6.45, 7) is 0. The summed E-state index contributed by atoms with van der Waals surface area (Å²) in [5, 5.41) is 1.35. The van der Waals surface area contributed by atoms with Crippen LogP contribution in [-0.4, -0.2) is 11.2 Å². The molecule has 15 heavy (non-hydrogen) atoms. The highest BCUT2D eigenvalue weighted by Crippen LogP contribution is 2.26. The number of alkyl halides is 3. The predicted molar refractivity (Wildman–Crippen MR) is 51.5 cm³/mol. The van der Waals surface area contributed by atoms with Crippen molar-refractivity contribution in [2.45, 2.75) is 12.6 Å². The first kappa shape index (κ1) is 9.96. The average Bonchev–Trinajstić information content (AvgIpc) is 2.16. The van der Waals surface area contributed by atoms with Gasteiger partial charge in [0.15, 0.2) is 0 Å². The molecule has 0 aliphatic heterocycles. The first-order chi connectivity index (χ1) is 7.06. The molecule has 0 fully saturated rings. The fourth-order valence-electron chi connectivity index (χ4n) is 1.56. The molecule has 1 aromatic carbocycles. The van der Waals surface area contributed by atoms with Gasteiger partial charge in [-0.05, 0) is 17.0 Å². The summed E-state index contributed by atoms with van der Waals surface area (Å²) in [6, 6.07) is 6.47. The molecule has 0 unspecified atom stereocenters. The van der Waals surface area contributed by atoms with E-state index in [1.165, 1.54) is 12.3 Å². The Morgan fingerprint density at radius 2 is 1.93 bits per heavy atom. The van der Waals surface area contributed by atoms with Crippen LogP contribution >= 0.6 is 0 Å². The van der Waals surface area contributed by atoms with E-state index in [9.17, 15) is 13.2 Å². The molecule has 1 aromatic heterocycles. The van der Waals surface area contributed by atoms with Crippen molar-refractivity contribution in [3.8, 4) is 0 Å². The average molecular weight is 211 g/mol. The second-order valence-electron chi connectivity index (χ2n) is 3.31. The van der Waals surface area contributed by atoms with Crippen LogP contribution in [0.3, 0.4) is 0 Å². The van der Waals surface area contributed by atoms with Crippen LogP contribution in [-0.2, 0) is 6.42 Å². The lowest BCUT2D eigenvalue weighted by Gasteiger charge is -2.08. The van der Waals surface area contributed by atoms with Crippen molar-refractivity contribution in [2.75, 3.05) is 0 Å². The summed E-state index contributed by atoms with van der Waals surface area (Å²) in [5.41, 5.74) is 0.294. The van der Waals surface area contributed by atoms with E-state index in [4.69, 9.17) is 0 Å². The van der Waals surface area contributed by atoms with E-state index in [1.54, 1.807) is 24.4 Å². The van der Waals surface area contributed by atoms with Crippen LogP contribution in [0.1, 0.15) is 5.56 Å². The zero-order chi connectivity index (χ0) is 10.9. The van der Waals surface area contributed by atoms with Crippen molar-refractivity contribution in [2.24, 2.45) is 0 Å². The second kappa shape index (κ2) is 3.53. The van der Waals surface area contributed by atoms with Crippen molar-refractivity contribution in [3.05, 3.63) is 42.2 Å². The number of hydrogen-bond acceptors (Lipinski definition) is 1. The number of hydrogen-bond donors (Lipinski definition) is 0. The van der Waals surface area contributed by atoms with Crippen LogP contribution < -0.4 is 0 Å². The molecule has 2 rings (SSSR count). The Labute approximate surface area is 84.6 Å². The van der Waals surface area contributed by atoms with Gasteiger partial charge in [-0.3, -0.25) is 4.98 Å². The maximum absolute atomic E-state index is 12.3. The van der Waals surface area contributed by atoms with Crippen LogP contribution in [0.5, 0.6) is 0 Å². The molecule has 0 bridgehead atoms. The number of halogens is 3. The predicted octanol–water partition coefficient (Wildman–Crippen LogP) is 3.34. The molecule has 0 radical (unpaired) electrons. The maximum atomic E-state index is 12.3. The molecule has 1 heterocycles. The Balaban J connectivity index is 2.52. The van der Waals surface area contributed by atoms with Crippen LogP contribution in [0.4, 0.5) is 13.2 Å². The number of benzene rings is 1. The van der Waals surface area contributed by atoms with Crippen LogP contribution in [0.2, 0.25) is 0 Å². The molecular formula is C11H8F3N. The summed E-state index contributed by atoms with van der Waals surface area (Å²) in [5.74, 6) is 0. The Hall–Kier alpha value is -1.58. The summed E-state index contributed by atoms with van der Waals surface area (Å²) in [4.78, 5) is 3.87. The SMILES string of the molecule is FC(F)(F)Cc1cccc2cnccc12. The fourth-order valence-corrected chi connectivity index (χ4v) is 1.56. The van der Waals surface area contributed by atoms with E-state index in [2.05, 4.69) is 4.98 Å². The molecule has 4 heteroatoms. The molecule has 0 saturated carbocycles. The first-order valence-corrected chi connectivity index (χ1v) is 4.45. The van der Waals surface area contributed by atoms with E-state index in [1.807, 2.05) is 0 Å². The maximum Gasteiger partial charge on any atom is 0.393 e. The molecule has 0 aliphatic rings. The van der Waals surface area contributed by atoms with E-state index in [0.29, 0.717) is 10.9 Å². The van der Waals surface area contributed by atoms with Crippen molar-refractivity contribution in [3.63, 3.8) is 0 Å². The molecule has 0 spiro atoms. The van der Waals surface area contributed by atoms with Gasteiger partial charge >= 0.3 is 6.18 Å². The van der Waals surface area contributed by atoms with E-state index in [0.717, 1.165) is 5.39 Å². The largest absolute Gasteiger partial charge is 0.393 e. The van der Waals surface area contributed by atoms with Gasteiger partial charge in [0.25, 0.3) is 0 Å². The van der Waals surface area contributed by atoms with Gasteiger partial charge in [0.1, 0.15) is 0 Å². The standard InChI is InChI=1S/C11H8F3N/c12-11(13,14)6-8-2-1-3-9-7-15-5-4-10(8)9/h1-5,7H,6H2. The highest BCUT2D eigenvalue weighted by molar-refractivity contribution is 5.84. The van der Waals surface area contributed by atoms with Gasteiger partial charge in [0, 0.05) is 17.8 Å². The van der Waals surface area contributed by atoms with Crippen molar-refractivity contribution in [1.29, 1.82) is 0 Å². The third-order valence-corrected chi connectivity index (χ3v) is 2.16. The normalized spacial score (nSPS) is 11.9. The van der Waals surface area contributed by atoms with Crippen LogP contribution in [0.15, 0.2) is 36.7 Å². The van der Waals surface area contributed by atoms with Gasteiger partial charge in [-0.25, -0.2) is 0 Å². The molecular weight excluding hydrogens is 203 g/mol. The highest BCUT2D eigenvalue weighted by Gasteiger charge is 2.28. The minimum Gasteiger partial charge on any atom is -0.264 e. The Morgan fingerprint density at radius 3 is 2.67 bits per heavy atom. The van der Waals surface area contributed by atoms with E-state index >= 15 is 0 Å². The lowest BCUT2D eigenvalue weighted by Crippen LogP contribution is -2.11. The van der Waals surface area contributed by atoms with Crippen molar-refractivity contribution < 1.29 is 13.2 Å². The number of nitrogens with zero attached hydrogens (tertiary/aromatic N) is 1. The first-order valence-electron chi connectivity index (χ1n) is 4.45. The lowest BCUT2D eigenvalue weighted by atomic mass is 10.0. The zero-order valence-corrected chi connectivity index (χ0v) is 7.75. The quantitative estimate of drug-likeness (QED) is 0.704. The zero-order valence-electron chi connectivity index (χ0n) is 7.75. The van der Waals surface area contributed by atoms with E-state index < -0.39 is 12.6 Å². The van der Waals surface area contributed by atoms with Crippen LogP contribution in [0.25, 0.3) is 10.8 Å². The van der Waals surface area contributed by atoms with Gasteiger partial charge in [-0.15, -0.1) is 0 Å². The van der Waals surface area contributed by atoms with Gasteiger partial charge < -0.3 is 0 Å². The van der Waals surface area contributed by atoms with Crippen molar-refractivity contribution >= 4 is 10.8 Å².